The van der Waals surface area contributed by atoms with Crippen LogP contribution in [0.15, 0.2) is 54.6 Å². The number of morpholine rings is 1. The summed E-state index contributed by atoms with van der Waals surface area (Å²) < 4.78 is 11.2. The average molecular weight is 340 g/mol. The standard InChI is InChI=1S/C19H20N2O4/c20-18(22)13-25-16-9-5-4-8-15(16)19(23)21-10-11-24-17(12-21)14-6-2-1-3-7-14/h1-9,17H,10-13H2,(H2,20,22). The molecular weight excluding hydrogens is 320 g/mol. The van der Waals surface area contributed by atoms with Crippen molar-refractivity contribution in [2.45, 2.75) is 6.10 Å². The molecule has 130 valence electrons. The van der Waals surface area contributed by atoms with Crippen molar-refractivity contribution < 1.29 is 19.1 Å². The van der Waals surface area contributed by atoms with Crippen molar-refractivity contribution >= 4 is 11.8 Å². The van der Waals surface area contributed by atoms with Crippen molar-refractivity contribution in [2.24, 2.45) is 5.73 Å². The Labute approximate surface area is 146 Å². The summed E-state index contributed by atoms with van der Waals surface area (Å²) in [7, 11) is 0. The summed E-state index contributed by atoms with van der Waals surface area (Å²) in [6, 6.07) is 16.7. The van der Waals surface area contributed by atoms with Crippen LogP contribution in [-0.4, -0.2) is 43.0 Å². The predicted molar refractivity (Wildman–Crippen MR) is 92.2 cm³/mol. The molecule has 1 unspecified atom stereocenters. The minimum absolute atomic E-state index is 0.149. The van der Waals surface area contributed by atoms with Crippen molar-refractivity contribution in [2.75, 3.05) is 26.3 Å². The lowest BCUT2D eigenvalue weighted by molar-refractivity contribution is -0.119. The number of rotatable bonds is 5. The minimum Gasteiger partial charge on any atom is -0.483 e. The number of nitrogens with two attached hydrogens (primary N) is 1. The fourth-order valence-electron chi connectivity index (χ4n) is 2.79. The topological polar surface area (TPSA) is 81.9 Å². The molecule has 0 spiro atoms. The maximum atomic E-state index is 12.9. The van der Waals surface area contributed by atoms with E-state index in [1.807, 2.05) is 30.3 Å². The molecule has 3 rings (SSSR count). The second-order valence-electron chi connectivity index (χ2n) is 5.77. The van der Waals surface area contributed by atoms with Crippen molar-refractivity contribution in [3.05, 3.63) is 65.7 Å². The van der Waals surface area contributed by atoms with Gasteiger partial charge in [-0.05, 0) is 17.7 Å². The quantitative estimate of drug-likeness (QED) is 0.899. The zero-order valence-corrected chi connectivity index (χ0v) is 13.8. The fraction of sp³-hybridized carbons (Fsp3) is 0.263. The molecule has 1 heterocycles. The Balaban J connectivity index is 1.75. The molecule has 1 fully saturated rings. The summed E-state index contributed by atoms with van der Waals surface area (Å²) in [6.07, 6.45) is -0.155. The lowest BCUT2D eigenvalue weighted by Gasteiger charge is -2.33. The van der Waals surface area contributed by atoms with Crippen LogP contribution < -0.4 is 10.5 Å². The smallest absolute Gasteiger partial charge is 0.257 e. The SMILES string of the molecule is NC(=O)COc1ccccc1C(=O)N1CCOC(c2ccccc2)C1. The first-order valence-electron chi connectivity index (χ1n) is 8.11. The van der Waals surface area contributed by atoms with Crippen molar-refractivity contribution in [1.82, 2.24) is 4.90 Å². The molecule has 1 aliphatic rings. The highest BCUT2D eigenvalue weighted by Gasteiger charge is 2.27. The number of primary amides is 1. The van der Waals surface area contributed by atoms with E-state index in [-0.39, 0.29) is 18.6 Å². The van der Waals surface area contributed by atoms with Gasteiger partial charge in [-0.1, -0.05) is 42.5 Å². The molecule has 2 aromatic rings. The highest BCUT2D eigenvalue weighted by molar-refractivity contribution is 5.97. The van der Waals surface area contributed by atoms with Gasteiger partial charge in [-0.3, -0.25) is 9.59 Å². The van der Waals surface area contributed by atoms with Crippen LogP contribution in [0.3, 0.4) is 0 Å². The van der Waals surface area contributed by atoms with E-state index in [9.17, 15) is 9.59 Å². The molecule has 0 saturated carbocycles. The average Bonchev–Trinajstić information content (AvgIpc) is 2.67. The first kappa shape index (κ1) is 17.0. The number of benzene rings is 2. The molecule has 0 aliphatic carbocycles. The molecule has 2 aromatic carbocycles. The molecule has 2 N–H and O–H groups in total. The van der Waals surface area contributed by atoms with Gasteiger partial charge in [0, 0.05) is 6.54 Å². The van der Waals surface area contributed by atoms with Crippen LogP contribution >= 0.6 is 0 Å². The van der Waals surface area contributed by atoms with E-state index in [1.54, 1.807) is 29.2 Å². The molecule has 1 saturated heterocycles. The zero-order valence-electron chi connectivity index (χ0n) is 13.8. The molecule has 6 heteroatoms. The summed E-state index contributed by atoms with van der Waals surface area (Å²) in [5, 5.41) is 0. The molecule has 0 aromatic heterocycles. The van der Waals surface area contributed by atoms with E-state index in [2.05, 4.69) is 0 Å². The van der Waals surface area contributed by atoms with E-state index < -0.39 is 5.91 Å². The van der Waals surface area contributed by atoms with Gasteiger partial charge >= 0.3 is 0 Å². The molecule has 0 radical (unpaired) electrons. The van der Waals surface area contributed by atoms with Gasteiger partial charge in [-0.25, -0.2) is 0 Å². The van der Waals surface area contributed by atoms with Gasteiger partial charge in [0.25, 0.3) is 11.8 Å². The molecule has 1 aliphatic heterocycles. The minimum atomic E-state index is -0.585. The van der Waals surface area contributed by atoms with E-state index in [0.717, 1.165) is 5.56 Å². The van der Waals surface area contributed by atoms with Crippen LogP contribution in [0.25, 0.3) is 0 Å². The Bertz CT molecular complexity index is 748. The third kappa shape index (κ3) is 4.16. The highest BCUT2D eigenvalue weighted by atomic mass is 16.5. The normalized spacial score (nSPS) is 17.1. The lowest BCUT2D eigenvalue weighted by Crippen LogP contribution is -2.42. The number of amides is 2. The number of para-hydroxylation sites is 1. The van der Waals surface area contributed by atoms with Gasteiger partial charge in [0.2, 0.25) is 0 Å². The number of hydrogen-bond acceptors (Lipinski definition) is 4. The van der Waals surface area contributed by atoms with Crippen LogP contribution in [0.1, 0.15) is 22.0 Å². The summed E-state index contributed by atoms with van der Waals surface area (Å²) in [5.74, 6) is -0.379. The highest BCUT2D eigenvalue weighted by Crippen LogP contribution is 2.25. The van der Waals surface area contributed by atoms with E-state index in [0.29, 0.717) is 31.0 Å². The first-order valence-corrected chi connectivity index (χ1v) is 8.11. The van der Waals surface area contributed by atoms with Gasteiger partial charge in [-0.2, -0.15) is 0 Å². The van der Waals surface area contributed by atoms with Crippen LogP contribution in [0.5, 0.6) is 5.75 Å². The monoisotopic (exact) mass is 340 g/mol. The molecule has 0 bridgehead atoms. The molecule has 25 heavy (non-hydrogen) atoms. The fourth-order valence-corrected chi connectivity index (χ4v) is 2.79. The summed E-state index contributed by atoms with van der Waals surface area (Å²) in [4.78, 5) is 25.6. The van der Waals surface area contributed by atoms with Gasteiger partial charge < -0.3 is 20.1 Å². The molecule has 6 nitrogen and oxygen atoms in total. The van der Waals surface area contributed by atoms with Gasteiger partial charge in [0.15, 0.2) is 6.61 Å². The summed E-state index contributed by atoms with van der Waals surface area (Å²) >= 11 is 0. The number of carbonyl (C=O) groups excluding carboxylic acids is 2. The van der Waals surface area contributed by atoms with Crippen molar-refractivity contribution in [1.29, 1.82) is 0 Å². The second-order valence-corrected chi connectivity index (χ2v) is 5.77. The molecular formula is C19H20N2O4. The Kier molecular flexibility index (Phi) is 5.30. The van der Waals surface area contributed by atoms with Gasteiger partial charge in [-0.15, -0.1) is 0 Å². The van der Waals surface area contributed by atoms with Gasteiger partial charge in [0.05, 0.1) is 18.7 Å². The third-order valence-corrected chi connectivity index (χ3v) is 4.01. The molecule has 2 amide bonds. The maximum absolute atomic E-state index is 12.9. The zero-order chi connectivity index (χ0) is 17.6. The van der Waals surface area contributed by atoms with Gasteiger partial charge in [0.1, 0.15) is 11.9 Å². The van der Waals surface area contributed by atoms with Crippen molar-refractivity contribution in [3.8, 4) is 5.75 Å². The van der Waals surface area contributed by atoms with Crippen LogP contribution in [-0.2, 0) is 9.53 Å². The van der Waals surface area contributed by atoms with Crippen LogP contribution in [0.4, 0.5) is 0 Å². The number of hydrogen-bond donors (Lipinski definition) is 1. The maximum Gasteiger partial charge on any atom is 0.257 e. The summed E-state index contributed by atoms with van der Waals surface area (Å²) in [6.45, 7) is 1.18. The number of ether oxygens (including phenoxy) is 2. The Hall–Kier alpha value is -2.86. The van der Waals surface area contributed by atoms with E-state index in [4.69, 9.17) is 15.2 Å². The lowest BCUT2D eigenvalue weighted by atomic mass is 10.1. The van der Waals surface area contributed by atoms with Crippen molar-refractivity contribution in [3.63, 3.8) is 0 Å². The Morgan fingerprint density at radius 3 is 2.60 bits per heavy atom. The predicted octanol–water partition coefficient (Wildman–Crippen LogP) is 1.76. The first-order chi connectivity index (χ1) is 12.1. The van der Waals surface area contributed by atoms with E-state index in [1.165, 1.54) is 0 Å². The number of carbonyl (C=O) groups is 2. The van der Waals surface area contributed by atoms with Crippen LogP contribution in [0.2, 0.25) is 0 Å². The van der Waals surface area contributed by atoms with Crippen LogP contribution in [0, 0.1) is 0 Å². The largest absolute Gasteiger partial charge is 0.483 e. The number of nitrogens with zero attached hydrogens (tertiary/aromatic N) is 1. The molecule has 1 atom stereocenters. The third-order valence-electron chi connectivity index (χ3n) is 4.01. The Morgan fingerprint density at radius 2 is 1.84 bits per heavy atom. The summed E-state index contributed by atoms with van der Waals surface area (Å²) in [5.41, 5.74) is 6.57. The second kappa shape index (κ2) is 7.81. The Morgan fingerprint density at radius 1 is 1.12 bits per heavy atom. The van der Waals surface area contributed by atoms with E-state index >= 15 is 0 Å².